The number of methoxy groups -OCH3 is 1. The maximum atomic E-state index is 12.8. The molecule has 0 bridgehead atoms. The summed E-state index contributed by atoms with van der Waals surface area (Å²) in [5, 5.41) is 0.782. The molecular weight excluding hydrogens is 388 g/mol. The van der Waals surface area contributed by atoms with E-state index in [0.29, 0.717) is 36.3 Å². The van der Waals surface area contributed by atoms with Crippen LogP contribution in [0, 0.1) is 0 Å². The number of hydrogen-bond donors (Lipinski definition) is 1. The molecule has 0 saturated carbocycles. The first-order valence-corrected chi connectivity index (χ1v) is 10.7. The summed E-state index contributed by atoms with van der Waals surface area (Å²) in [7, 11) is 1.61. The number of aryl methyl sites for hydroxylation is 2. The zero-order valence-electron chi connectivity index (χ0n) is 16.2. The maximum Gasteiger partial charge on any atom is 0.260 e. The summed E-state index contributed by atoms with van der Waals surface area (Å²) < 4.78 is 16.8. The summed E-state index contributed by atoms with van der Waals surface area (Å²) >= 11 is 1.67. The van der Waals surface area contributed by atoms with Crippen LogP contribution in [0.5, 0.6) is 17.2 Å². The highest BCUT2D eigenvalue weighted by molar-refractivity contribution is 7.18. The Hall–Kier alpha value is -2.80. The lowest BCUT2D eigenvalue weighted by Crippen LogP contribution is -2.16. The lowest BCUT2D eigenvalue weighted by Gasteiger charge is -2.20. The van der Waals surface area contributed by atoms with E-state index in [9.17, 15) is 4.79 Å². The zero-order valence-corrected chi connectivity index (χ0v) is 17.1. The Labute approximate surface area is 172 Å². The molecule has 0 unspecified atom stereocenters. The van der Waals surface area contributed by atoms with Gasteiger partial charge in [0.2, 0.25) is 5.75 Å². The minimum Gasteiger partial charge on any atom is -0.493 e. The van der Waals surface area contributed by atoms with Gasteiger partial charge in [0.25, 0.3) is 5.56 Å². The Morgan fingerprint density at radius 2 is 2.00 bits per heavy atom. The van der Waals surface area contributed by atoms with Gasteiger partial charge in [0.1, 0.15) is 23.9 Å². The summed E-state index contributed by atoms with van der Waals surface area (Å²) in [6.45, 7) is 1.02. The molecular formula is C22H22N2O4S. The first-order chi connectivity index (χ1) is 14.2. The number of benzene rings is 1. The van der Waals surface area contributed by atoms with Crippen LogP contribution in [0.2, 0.25) is 0 Å². The van der Waals surface area contributed by atoms with E-state index in [1.165, 1.54) is 23.3 Å². The van der Waals surface area contributed by atoms with E-state index in [-0.39, 0.29) is 5.56 Å². The standard InChI is InChI=1S/C22H22N2O4S/c1-26-15-11-13(12-16-20(15)28-10-9-27-16)7-8-18-23-21(25)19-14-5-3-2-4-6-17(14)29-22(19)24-18/h7-8,11-12H,2-6,9-10H2,1H3,(H,23,24,25)/b8-7+. The van der Waals surface area contributed by atoms with Gasteiger partial charge in [-0.05, 0) is 55.0 Å². The molecule has 1 aromatic carbocycles. The molecule has 6 nitrogen and oxygen atoms in total. The number of ether oxygens (including phenoxy) is 3. The third-order valence-electron chi connectivity index (χ3n) is 5.38. The number of H-pyrrole nitrogens is 1. The van der Waals surface area contributed by atoms with Gasteiger partial charge in [0, 0.05) is 4.88 Å². The van der Waals surface area contributed by atoms with Gasteiger partial charge in [-0.2, -0.15) is 0 Å². The Kier molecular flexibility index (Phi) is 4.75. The highest BCUT2D eigenvalue weighted by atomic mass is 32.1. The topological polar surface area (TPSA) is 73.4 Å². The van der Waals surface area contributed by atoms with Crippen LogP contribution in [0.3, 0.4) is 0 Å². The molecule has 1 N–H and O–H groups in total. The van der Waals surface area contributed by atoms with Crippen molar-refractivity contribution in [1.29, 1.82) is 0 Å². The highest BCUT2D eigenvalue weighted by Crippen LogP contribution is 2.40. The van der Waals surface area contributed by atoms with Gasteiger partial charge in [0.15, 0.2) is 11.5 Å². The van der Waals surface area contributed by atoms with Gasteiger partial charge in [-0.25, -0.2) is 4.98 Å². The van der Waals surface area contributed by atoms with Crippen molar-refractivity contribution in [1.82, 2.24) is 9.97 Å². The average molecular weight is 410 g/mol. The molecule has 1 aliphatic carbocycles. The normalized spacial score (nSPS) is 16.0. The van der Waals surface area contributed by atoms with Crippen molar-refractivity contribution < 1.29 is 14.2 Å². The summed E-state index contributed by atoms with van der Waals surface area (Å²) in [5.41, 5.74) is 2.05. The number of thiophene rings is 1. The van der Waals surface area contributed by atoms with Crippen molar-refractivity contribution in [3.8, 4) is 17.2 Å². The van der Waals surface area contributed by atoms with Crippen molar-refractivity contribution in [2.24, 2.45) is 0 Å². The van der Waals surface area contributed by atoms with Gasteiger partial charge in [0.05, 0.1) is 12.5 Å². The first-order valence-electron chi connectivity index (χ1n) is 9.93. The molecule has 0 saturated heterocycles. The minimum atomic E-state index is -0.0474. The van der Waals surface area contributed by atoms with Crippen LogP contribution in [0.15, 0.2) is 16.9 Å². The van der Waals surface area contributed by atoms with E-state index in [1.54, 1.807) is 18.4 Å². The van der Waals surface area contributed by atoms with Gasteiger partial charge in [-0.1, -0.05) is 12.5 Å². The van der Waals surface area contributed by atoms with Crippen molar-refractivity contribution in [3.05, 3.63) is 44.3 Å². The molecule has 0 radical (unpaired) electrons. The fourth-order valence-electron chi connectivity index (χ4n) is 4.00. The van der Waals surface area contributed by atoms with Crippen molar-refractivity contribution >= 4 is 33.7 Å². The van der Waals surface area contributed by atoms with E-state index in [0.717, 1.165) is 35.0 Å². The lowest BCUT2D eigenvalue weighted by molar-refractivity contribution is 0.165. The molecule has 0 amide bonds. The Balaban J connectivity index is 1.51. The van der Waals surface area contributed by atoms with E-state index in [1.807, 2.05) is 24.3 Å². The number of hydrogen-bond acceptors (Lipinski definition) is 6. The Morgan fingerprint density at radius 1 is 1.14 bits per heavy atom. The van der Waals surface area contributed by atoms with Gasteiger partial charge in [-0.3, -0.25) is 4.79 Å². The van der Waals surface area contributed by atoms with Crippen molar-refractivity contribution in [3.63, 3.8) is 0 Å². The van der Waals surface area contributed by atoms with Crippen LogP contribution in [0.1, 0.15) is 41.1 Å². The predicted molar refractivity (Wildman–Crippen MR) is 114 cm³/mol. The smallest absolute Gasteiger partial charge is 0.260 e. The van der Waals surface area contributed by atoms with Crippen LogP contribution in [0.25, 0.3) is 22.4 Å². The largest absolute Gasteiger partial charge is 0.493 e. The van der Waals surface area contributed by atoms with Crippen LogP contribution in [-0.2, 0) is 12.8 Å². The van der Waals surface area contributed by atoms with Gasteiger partial charge in [-0.15, -0.1) is 11.3 Å². The summed E-state index contributed by atoms with van der Waals surface area (Å²) in [4.78, 5) is 22.6. The monoisotopic (exact) mass is 410 g/mol. The van der Waals surface area contributed by atoms with Crippen LogP contribution < -0.4 is 19.8 Å². The summed E-state index contributed by atoms with van der Waals surface area (Å²) in [6, 6.07) is 3.78. The molecule has 2 aromatic heterocycles. The van der Waals surface area contributed by atoms with E-state index in [4.69, 9.17) is 19.2 Å². The molecule has 29 heavy (non-hydrogen) atoms. The number of nitrogens with zero attached hydrogens (tertiary/aromatic N) is 1. The molecule has 5 rings (SSSR count). The molecule has 0 spiro atoms. The quantitative estimate of drug-likeness (QED) is 0.655. The van der Waals surface area contributed by atoms with E-state index >= 15 is 0 Å². The Bertz CT molecular complexity index is 1140. The average Bonchev–Trinajstić information content (AvgIpc) is 2.93. The fourth-order valence-corrected chi connectivity index (χ4v) is 5.27. The SMILES string of the molecule is COc1cc(/C=C/c2nc3sc4c(c3c(=O)[nH]2)CCCCC4)cc2c1OCCO2. The second kappa shape index (κ2) is 7.55. The van der Waals surface area contributed by atoms with Gasteiger partial charge < -0.3 is 19.2 Å². The second-order valence-corrected chi connectivity index (χ2v) is 8.36. The first kappa shape index (κ1) is 18.2. The third-order valence-corrected chi connectivity index (χ3v) is 6.56. The zero-order chi connectivity index (χ0) is 19.8. The van der Waals surface area contributed by atoms with Crippen LogP contribution >= 0.6 is 11.3 Å². The molecule has 2 aliphatic rings. The number of aromatic nitrogens is 2. The fraction of sp³-hybridized carbons (Fsp3) is 0.364. The van der Waals surface area contributed by atoms with Crippen molar-refractivity contribution in [2.75, 3.05) is 20.3 Å². The number of nitrogens with one attached hydrogen (secondary N) is 1. The molecule has 3 aromatic rings. The minimum absolute atomic E-state index is 0.0474. The molecule has 3 heterocycles. The lowest BCUT2D eigenvalue weighted by atomic mass is 10.1. The van der Waals surface area contributed by atoms with E-state index in [2.05, 4.69) is 4.98 Å². The van der Waals surface area contributed by atoms with Gasteiger partial charge >= 0.3 is 0 Å². The summed E-state index contributed by atoms with van der Waals surface area (Å²) in [6.07, 6.45) is 9.31. The maximum absolute atomic E-state index is 12.8. The van der Waals surface area contributed by atoms with Crippen molar-refractivity contribution in [2.45, 2.75) is 32.1 Å². The molecule has 7 heteroatoms. The molecule has 150 valence electrons. The molecule has 1 aliphatic heterocycles. The number of rotatable bonds is 3. The highest BCUT2D eigenvalue weighted by Gasteiger charge is 2.19. The third kappa shape index (κ3) is 3.40. The van der Waals surface area contributed by atoms with E-state index < -0.39 is 0 Å². The predicted octanol–water partition coefficient (Wildman–Crippen LogP) is 4.20. The Morgan fingerprint density at radius 3 is 2.90 bits per heavy atom. The second-order valence-electron chi connectivity index (χ2n) is 7.28. The molecule has 0 atom stereocenters. The molecule has 0 fully saturated rings. The number of aromatic amines is 1. The number of fused-ring (bicyclic) bond motifs is 4. The van der Waals surface area contributed by atoms with Crippen LogP contribution in [0.4, 0.5) is 0 Å². The summed E-state index contributed by atoms with van der Waals surface area (Å²) in [5.74, 6) is 2.46. The van der Waals surface area contributed by atoms with Crippen LogP contribution in [-0.4, -0.2) is 30.3 Å².